The van der Waals surface area contributed by atoms with Crippen LogP contribution >= 0.6 is 0 Å². The fourth-order valence-corrected chi connectivity index (χ4v) is 4.05. The van der Waals surface area contributed by atoms with Crippen molar-refractivity contribution in [3.63, 3.8) is 0 Å². The lowest BCUT2D eigenvalue weighted by atomic mass is 9.93. The van der Waals surface area contributed by atoms with Gasteiger partial charge in [0, 0.05) is 24.2 Å². The quantitative estimate of drug-likeness (QED) is 0.225. The predicted octanol–water partition coefficient (Wildman–Crippen LogP) is 7.15. The molecule has 2 atom stereocenters. The molecule has 5 nitrogen and oxygen atoms in total. The van der Waals surface area contributed by atoms with E-state index in [0.717, 1.165) is 27.6 Å². The Balaban J connectivity index is 1.61. The third kappa shape index (κ3) is 5.38. The van der Waals surface area contributed by atoms with Gasteiger partial charge in [0.2, 0.25) is 0 Å². The molecule has 0 spiro atoms. The number of hydrogen-bond donors (Lipinski definition) is 2. The molecule has 0 aliphatic carbocycles. The number of non-ortho nitro benzene ring substituents is 1. The van der Waals surface area contributed by atoms with Crippen LogP contribution in [0.3, 0.4) is 0 Å². The minimum Gasteiger partial charge on any atom is -0.388 e. The summed E-state index contributed by atoms with van der Waals surface area (Å²) in [6.45, 7) is 4.32. The van der Waals surface area contributed by atoms with Gasteiger partial charge in [-0.2, -0.15) is 0 Å². The average molecular weight is 441 g/mol. The molecule has 0 fully saturated rings. The molecule has 0 bridgehead atoms. The van der Waals surface area contributed by atoms with Crippen molar-refractivity contribution in [1.29, 1.82) is 0 Å². The molecule has 33 heavy (non-hydrogen) atoms. The van der Waals surface area contributed by atoms with Crippen molar-refractivity contribution in [2.75, 3.05) is 5.32 Å². The van der Waals surface area contributed by atoms with Crippen LogP contribution in [0.1, 0.15) is 55.0 Å². The van der Waals surface area contributed by atoms with Crippen LogP contribution in [0.5, 0.6) is 0 Å². The lowest BCUT2D eigenvalue weighted by Gasteiger charge is -2.24. The van der Waals surface area contributed by atoms with E-state index in [4.69, 9.17) is 0 Å². The number of benzene rings is 4. The second-order valence-corrected chi connectivity index (χ2v) is 8.68. The lowest BCUT2D eigenvalue weighted by Crippen LogP contribution is -2.15. The zero-order chi connectivity index (χ0) is 23.4. The van der Waals surface area contributed by atoms with Crippen molar-refractivity contribution in [2.45, 2.75) is 38.3 Å². The second kappa shape index (κ2) is 9.84. The molecule has 0 aromatic heterocycles. The number of aliphatic hydroxyl groups excluding tert-OH is 1. The van der Waals surface area contributed by atoms with Gasteiger partial charge in [0.1, 0.15) is 0 Å². The predicted molar refractivity (Wildman–Crippen MR) is 134 cm³/mol. The molecule has 2 unspecified atom stereocenters. The van der Waals surface area contributed by atoms with Crippen LogP contribution in [0.15, 0.2) is 91.0 Å². The van der Waals surface area contributed by atoms with Gasteiger partial charge in [-0.15, -0.1) is 0 Å². The van der Waals surface area contributed by atoms with Crippen LogP contribution in [0, 0.1) is 10.1 Å². The molecule has 0 aliphatic heterocycles. The number of nitrogens with one attached hydrogen (secondary N) is 1. The monoisotopic (exact) mass is 440 g/mol. The van der Waals surface area contributed by atoms with E-state index in [-0.39, 0.29) is 11.7 Å². The number of nitro groups is 1. The Bertz CT molecular complexity index is 1230. The van der Waals surface area contributed by atoms with Crippen molar-refractivity contribution in [3.8, 4) is 0 Å². The average Bonchev–Trinajstić information content (AvgIpc) is 2.83. The Hall–Kier alpha value is -3.70. The number of rotatable bonds is 8. The van der Waals surface area contributed by atoms with Crippen molar-refractivity contribution in [2.24, 2.45) is 0 Å². The number of aliphatic hydroxyl groups is 1. The lowest BCUT2D eigenvalue weighted by molar-refractivity contribution is -0.384. The fourth-order valence-electron chi connectivity index (χ4n) is 4.05. The van der Waals surface area contributed by atoms with Gasteiger partial charge < -0.3 is 10.4 Å². The highest BCUT2D eigenvalue weighted by Gasteiger charge is 2.19. The normalized spacial score (nSPS) is 13.1. The highest BCUT2D eigenvalue weighted by molar-refractivity contribution is 5.83. The number of nitrogens with zero attached hydrogens (tertiary/aromatic N) is 1. The third-order valence-electron chi connectivity index (χ3n) is 6.04. The van der Waals surface area contributed by atoms with Crippen LogP contribution < -0.4 is 5.32 Å². The van der Waals surface area contributed by atoms with Gasteiger partial charge in [-0.25, -0.2) is 0 Å². The Kier molecular flexibility index (Phi) is 6.71. The van der Waals surface area contributed by atoms with Crippen LogP contribution in [-0.4, -0.2) is 10.0 Å². The Morgan fingerprint density at radius 1 is 0.818 bits per heavy atom. The molecule has 0 radical (unpaired) electrons. The maximum atomic E-state index is 11.1. The molecule has 0 saturated heterocycles. The summed E-state index contributed by atoms with van der Waals surface area (Å²) in [4.78, 5) is 10.6. The van der Waals surface area contributed by atoms with Gasteiger partial charge in [-0.1, -0.05) is 74.5 Å². The summed E-state index contributed by atoms with van der Waals surface area (Å²) >= 11 is 0. The zero-order valence-corrected chi connectivity index (χ0v) is 18.8. The molecular formula is C28H28N2O3. The fraction of sp³-hybridized carbons (Fsp3) is 0.214. The standard InChI is InChI=1S/C28H28N2O3/c1-19(2)20-7-10-22(11-8-20)27(29-25-13-15-26(16-14-25)30(32)33)18-28(31)24-12-9-21-5-3-4-6-23(21)17-24/h3-17,19,27-29,31H,18H2,1-2H3. The molecule has 0 saturated carbocycles. The topological polar surface area (TPSA) is 75.4 Å². The summed E-state index contributed by atoms with van der Waals surface area (Å²) in [7, 11) is 0. The summed E-state index contributed by atoms with van der Waals surface area (Å²) in [5.41, 5.74) is 3.99. The van der Waals surface area contributed by atoms with Crippen LogP contribution in [-0.2, 0) is 0 Å². The van der Waals surface area contributed by atoms with Crippen LogP contribution in [0.2, 0.25) is 0 Å². The molecule has 4 aromatic carbocycles. The number of hydrogen-bond acceptors (Lipinski definition) is 4. The largest absolute Gasteiger partial charge is 0.388 e. The van der Waals surface area contributed by atoms with Crippen molar-refractivity contribution in [1.82, 2.24) is 0 Å². The first-order chi connectivity index (χ1) is 15.9. The molecule has 4 aromatic rings. The van der Waals surface area contributed by atoms with Gasteiger partial charge in [0.25, 0.3) is 5.69 Å². The van der Waals surface area contributed by atoms with E-state index in [1.54, 1.807) is 12.1 Å². The minimum atomic E-state index is -0.671. The number of anilines is 1. The molecule has 168 valence electrons. The highest BCUT2D eigenvalue weighted by Crippen LogP contribution is 2.32. The first-order valence-electron chi connectivity index (χ1n) is 11.2. The third-order valence-corrected chi connectivity index (χ3v) is 6.04. The van der Waals surface area contributed by atoms with Gasteiger partial charge >= 0.3 is 0 Å². The van der Waals surface area contributed by atoms with Gasteiger partial charge in [0.05, 0.1) is 17.1 Å². The number of nitro benzene ring substituents is 1. The SMILES string of the molecule is CC(C)c1ccc(C(CC(O)c2ccc3ccccc3c2)Nc2ccc([N+](=O)[O-])cc2)cc1. The van der Waals surface area contributed by atoms with E-state index < -0.39 is 11.0 Å². The van der Waals surface area contributed by atoms with Crippen LogP contribution in [0.25, 0.3) is 10.8 Å². The Morgan fingerprint density at radius 2 is 1.42 bits per heavy atom. The van der Waals surface area contributed by atoms with Crippen molar-refractivity contribution in [3.05, 3.63) is 118 Å². The Labute approximate surface area is 193 Å². The van der Waals surface area contributed by atoms with E-state index in [9.17, 15) is 15.2 Å². The summed E-state index contributed by atoms with van der Waals surface area (Å²) in [6, 6.07) is 28.8. The first kappa shape index (κ1) is 22.5. The minimum absolute atomic E-state index is 0.0505. The molecule has 4 rings (SSSR count). The molecule has 0 amide bonds. The summed E-state index contributed by atoms with van der Waals surface area (Å²) in [5, 5.41) is 27.8. The van der Waals surface area contributed by atoms with Crippen LogP contribution in [0.4, 0.5) is 11.4 Å². The molecule has 5 heteroatoms. The van der Waals surface area contributed by atoms with E-state index in [2.05, 4.69) is 49.5 Å². The van der Waals surface area contributed by atoms with E-state index >= 15 is 0 Å². The molecule has 2 N–H and O–H groups in total. The summed E-state index contributed by atoms with van der Waals surface area (Å²) in [6.07, 6.45) is -0.217. The first-order valence-corrected chi connectivity index (χ1v) is 11.2. The van der Waals surface area contributed by atoms with E-state index in [1.165, 1.54) is 17.7 Å². The molecule has 0 heterocycles. The maximum absolute atomic E-state index is 11.1. The van der Waals surface area contributed by atoms with Gasteiger partial charge in [0.15, 0.2) is 0 Å². The van der Waals surface area contributed by atoms with E-state index in [0.29, 0.717) is 12.3 Å². The van der Waals surface area contributed by atoms with Gasteiger partial charge in [-0.05, 0) is 51.6 Å². The Morgan fingerprint density at radius 3 is 2.06 bits per heavy atom. The molecular weight excluding hydrogens is 412 g/mol. The zero-order valence-electron chi connectivity index (χ0n) is 18.8. The second-order valence-electron chi connectivity index (χ2n) is 8.68. The molecule has 0 aliphatic rings. The summed E-state index contributed by atoms with van der Waals surface area (Å²) < 4.78 is 0. The summed E-state index contributed by atoms with van der Waals surface area (Å²) in [5.74, 6) is 0.434. The smallest absolute Gasteiger partial charge is 0.269 e. The van der Waals surface area contributed by atoms with Gasteiger partial charge in [-0.3, -0.25) is 10.1 Å². The highest BCUT2D eigenvalue weighted by atomic mass is 16.6. The van der Waals surface area contributed by atoms with E-state index in [1.807, 2.05) is 36.4 Å². The van der Waals surface area contributed by atoms with Crippen molar-refractivity contribution < 1.29 is 10.0 Å². The number of fused-ring (bicyclic) bond motifs is 1. The van der Waals surface area contributed by atoms with Crippen molar-refractivity contribution >= 4 is 22.1 Å². The maximum Gasteiger partial charge on any atom is 0.269 e.